The molecule has 3 rings (SSSR count). The van der Waals surface area contributed by atoms with Crippen molar-refractivity contribution >= 4 is 36.0 Å². The first-order valence-corrected chi connectivity index (χ1v) is 12.4. The van der Waals surface area contributed by atoms with Gasteiger partial charge in [0.25, 0.3) is 8.32 Å². The number of rotatable bonds is 7. The highest BCUT2D eigenvalue weighted by Crippen LogP contribution is 2.37. The largest absolute Gasteiger partial charge is 0.461 e. The zero-order valence-electron chi connectivity index (χ0n) is 17.2. The van der Waals surface area contributed by atoms with Crippen LogP contribution >= 0.6 is 11.3 Å². The smallest absolute Gasteiger partial charge is 0.369 e. The van der Waals surface area contributed by atoms with Crippen molar-refractivity contribution in [1.82, 2.24) is 10.2 Å². The number of aromatic nitrogens is 2. The van der Waals surface area contributed by atoms with Crippen LogP contribution in [0.1, 0.15) is 42.5 Å². The molecule has 0 unspecified atom stereocenters. The summed E-state index contributed by atoms with van der Waals surface area (Å²) in [6.45, 7) is 9.05. The van der Waals surface area contributed by atoms with Crippen LogP contribution in [0.25, 0.3) is 0 Å². The fourth-order valence-electron chi connectivity index (χ4n) is 3.52. The standard InChI is InChI=1S/C22H26N2O3SSi/c1-5-26-21(25)20-24-23-19(28-20)16-27-29(22(2,3)4,17-12-8-6-9-13-17)18-14-10-7-11-15-18/h6-15H,5,16H2,1-4H3. The molecule has 2 aromatic carbocycles. The SMILES string of the molecule is CCOC(=O)c1nnc(CO[Si](c2ccccc2)(c2ccccc2)C(C)(C)C)s1. The van der Waals surface area contributed by atoms with Crippen LogP contribution in [-0.4, -0.2) is 31.1 Å². The van der Waals surface area contributed by atoms with Crippen molar-refractivity contribution in [2.75, 3.05) is 6.61 Å². The lowest BCUT2D eigenvalue weighted by Crippen LogP contribution is -2.66. The Kier molecular flexibility index (Phi) is 6.62. The molecule has 0 N–H and O–H groups in total. The average molecular weight is 427 g/mol. The zero-order chi connectivity index (χ0) is 20.9. The molecule has 0 saturated carbocycles. The molecule has 29 heavy (non-hydrogen) atoms. The molecule has 0 saturated heterocycles. The Bertz CT molecular complexity index is 900. The third-order valence-corrected chi connectivity index (χ3v) is 10.6. The Morgan fingerprint density at radius 3 is 2.00 bits per heavy atom. The lowest BCUT2D eigenvalue weighted by atomic mass is 10.2. The fourth-order valence-corrected chi connectivity index (χ4v) is 8.78. The number of ether oxygens (including phenoxy) is 1. The van der Waals surface area contributed by atoms with Gasteiger partial charge in [0.1, 0.15) is 5.01 Å². The van der Waals surface area contributed by atoms with Crippen LogP contribution in [0.2, 0.25) is 5.04 Å². The first kappa shape index (κ1) is 21.4. The van der Waals surface area contributed by atoms with Crippen molar-refractivity contribution < 1.29 is 14.0 Å². The quantitative estimate of drug-likeness (QED) is 0.425. The fraction of sp³-hybridized carbons (Fsp3) is 0.318. The summed E-state index contributed by atoms with van der Waals surface area (Å²) in [6, 6.07) is 20.8. The normalized spacial score (nSPS) is 12.0. The first-order chi connectivity index (χ1) is 13.9. The van der Waals surface area contributed by atoms with Gasteiger partial charge >= 0.3 is 5.97 Å². The van der Waals surface area contributed by atoms with E-state index >= 15 is 0 Å². The van der Waals surface area contributed by atoms with Crippen molar-refractivity contribution in [3.05, 3.63) is 70.7 Å². The molecule has 0 amide bonds. The maximum Gasteiger partial charge on any atom is 0.369 e. The third kappa shape index (κ3) is 4.47. The van der Waals surface area contributed by atoms with Crippen LogP contribution in [0, 0.1) is 0 Å². The van der Waals surface area contributed by atoms with Crippen molar-refractivity contribution in [3.63, 3.8) is 0 Å². The van der Waals surface area contributed by atoms with Crippen molar-refractivity contribution in [1.29, 1.82) is 0 Å². The molecule has 5 nitrogen and oxygen atoms in total. The molecule has 3 aromatic rings. The van der Waals surface area contributed by atoms with E-state index in [4.69, 9.17) is 9.16 Å². The molecule has 152 valence electrons. The Morgan fingerprint density at radius 2 is 1.52 bits per heavy atom. The lowest BCUT2D eigenvalue weighted by Gasteiger charge is -2.42. The number of benzene rings is 2. The molecule has 7 heteroatoms. The summed E-state index contributed by atoms with van der Waals surface area (Å²) in [5.41, 5.74) is 0. The van der Waals surface area contributed by atoms with Gasteiger partial charge in [-0.1, -0.05) is 92.8 Å². The van der Waals surface area contributed by atoms with Gasteiger partial charge in [-0.05, 0) is 22.3 Å². The molecule has 0 bridgehead atoms. The van der Waals surface area contributed by atoms with E-state index in [0.29, 0.717) is 18.2 Å². The molecular weight excluding hydrogens is 400 g/mol. The molecule has 0 aliphatic carbocycles. The summed E-state index contributed by atoms with van der Waals surface area (Å²) in [7, 11) is -2.64. The molecular formula is C22H26N2O3SSi. The molecule has 0 fully saturated rings. The minimum atomic E-state index is -2.64. The van der Waals surface area contributed by atoms with E-state index in [-0.39, 0.29) is 10.0 Å². The Morgan fingerprint density at radius 1 is 0.966 bits per heavy atom. The van der Waals surface area contributed by atoms with Crippen LogP contribution in [0.15, 0.2) is 60.7 Å². The van der Waals surface area contributed by atoms with E-state index in [1.54, 1.807) is 6.92 Å². The van der Waals surface area contributed by atoms with E-state index in [1.165, 1.54) is 21.7 Å². The van der Waals surface area contributed by atoms with E-state index in [9.17, 15) is 4.79 Å². The van der Waals surface area contributed by atoms with Crippen LogP contribution in [0.5, 0.6) is 0 Å². The van der Waals surface area contributed by atoms with Gasteiger partial charge in [0.05, 0.1) is 13.2 Å². The highest BCUT2D eigenvalue weighted by atomic mass is 32.1. The van der Waals surface area contributed by atoms with E-state index < -0.39 is 14.3 Å². The number of hydrogen-bond acceptors (Lipinski definition) is 6. The van der Waals surface area contributed by atoms with Gasteiger partial charge < -0.3 is 9.16 Å². The Balaban J connectivity index is 1.99. The predicted octanol–water partition coefficient (Wildman–Crippen LogP) is 3.79. The second-order valence-corrected chi connectivity index (χ2v) is 13.0. The van der Waals surface area contributed by atoms with E-state index in [1.807, 2.05) is 12.1 Å². The van der Waals surface area contributed by atoms with Crippen LogP contribution in [0.4, 0.5) is 0 Å². The molecule has 1 heterocycles. The van der Waals surface area contributed by atoms with Crippen LogP contribution in [0.3, 0.4) is 0 Å². The van der Waals surface area contributed by atoms with Gasteiger partial charge in [0, 0.05) is 0 Å². The second kappa shape index (κ2) is 8.98. The second-order valence-electron chi connectivity index (χ2n) is 7.67. The molecule has 0 aliphatic rings. The summed E-state index contributed by atoms with van der Waals surface area (Å²) in [5, 5.41) is 11.3. The van der Waals surface area contributed by atoms with Gasteiger partial charge in [0.15, 0.2) is 0 Å². The molecule has 0 spiro atoms. The van der Waals surface area contributed by atoms with Crippen LogP contribution in [-0.2, 0) is 15.8 Å². The number of hydrogen-bond donors (Lipinski definition) is 0. The number of carbonyl (C=O) groups is 1. The van der Waals surface area contributed by atoms with Gasteiger partial charge in [-0.3, -0.25) is 0 Å². The Hall–Kier alpha value is -2.35. The van der Waals surface area contributed by atoms with Crippen molar-refractivity contribution in [2.45, 2.75) is 39.3 Å². The maximum atomic E-state index is 11.9. The van der Waals surface area contributed by atoms with Gasteiger partial charge in [0.2, 0.25) is 5.01 Å². The van der Waals surface area contributed by atoms with Crippen molar-refractivity contribution in [2.24, 2.45) is 0 Å². The minimum Gasteiger partial charge on any atom is -0.461 e. The topological polar surface area (TPSA) is 61.3 Å². The summed E-state index contributed by atoms with van der Waals surface area (Å²) >= 11 is 1.22. The van der Waals surface area contributed by atoms with Gasteiger partial charge in [-0.2, -0.15) is 0 Å². The summed E-state index contributed by atoms with van der Waals surface area (Å²) in [6.07, 6.45) is 0. The predicted molar refractivity (Wildman–Crippen MR) is 118 cm³/mol. The highest BCUT2D eigenvalue weighted by molar-refractivity contribution is 7.13. The van der Waals surface area contributed by atoms with E-state index in [0.717, 1.165) is 0 Å². The van der Waals surface area contributed by atoms with Crippen LogP contribution < -0.4 is 10.4 Å². The zero-order valence-corrected chi connectivity index (χ0v) is 19.0. The third-order valence-electron chi connectivity index (χ3n) is 4.75. The summed E-state index contributed by atoms with van der Waals surface area (Å²) < 4.78 is 11.8. The summed E-state index contributed by atoms with van der Waals surface area (Å²) in [5.74, 6) is -0.443. The molecule has 0 atom stereocenters. The van der Waals surface area contributed by atoms with E-state index in [2.05, 4.69) is 79.5 Å². The van der Waals surface area contributed by atoms with Gasteiger partial charge in [-0.25, -0.2) is 4.79 Å². The molecule has 1 aromatic heterocycles. The first-order valence-electron chi connectivity index (χ1n) is 9.63. The maximum absolute atomic E-state index is 11.9. The molecule has 0 radical (unpaired) electrons. The highest BCUT2D eigenvalue weighted by Gasteiger charge is 2.50. The minimum absolute atomic E-state index is 0.121. The average Bonchev–Trinajstić information content (AvgIpc) is 3.18. The summed E-state index contributed by atoms with van der Waals surface area (Å²) in [4.78, 5) is 11.9. The monoisotopic (exact) mass is 426 g/mol. The molecule has 0 aliphatic heterocycles. The van der Waals surface area contributed by atoms with Crippen molar-refractivity contribution in [3.8, 4) is 0 Å². The Labute approximate surface area is 176 Å². The van der Waals surface area contributed by atoms with Gasteiger partial charge in [-0.15, -0.1) is 10.2 Å². The number of carbonyl (C=O) groups excluding carboxylic acids is 1. The number of nitrogens with zero attached hydrogens (tertiary/aromatic N) is 2. The number of esters is 1. The lowest BCUT2D eigenvalue weighted by molar-refractivity contribution is 0.0525.